The van der Waals surface area contributed by atoms with E-state index >= 15 is 0 Å². The average molecular weight is 279 g/mol. The summed E-state index contributed by atoms with van der Waals surface area (Å²) in [4.78, 5) is 0. The van der Waals surface area contributed by atoms with Crippen LogP contribution in [-0.4, -0.2) is 0 Å². The van der Waals surface area contributed by atoms with Gasteiger partial charge >= 0.3 is 6.18 Å². The minimum atomic E-state index is -4.50. The van der Waals surface area contributed by atoms with Gasteiger partial charge in [0.15, 0.2) is 0 Å². The van der Waals surface area contributed by atoms with Crippen LogP contribution in [0.2, 0.25) is 0 Å². The van der Waals surface area contributed by atoms with Gasteiger partial charge in [0.25, 0.3) is 0 Å². The van der Waals surface area contributed by atoms with E-state index in [1.54, 1.807) is 6.07 Å². The second kappa shape index (κ2) is 5.33. The van der Waals surface area contributed by atoms with Crippen LogP contribution in [0.4, 0.5) is 17.6 Å². The van der Waals surface area contributed by atoms with Crippen molar-refractivity contribution in [3.8, 4) is 17.2 Å². The SMILES string of the molecule is N#CCc1ccc(-c2ccccc2C(F)(F)F)cc1F. The molecular formula is C15H9F4N. The summed E-state index contributed by atoms with van der Waals surface area (Å²) in [5.74, 6) is -0.680. The van der Waals surface area contributed by atoms with Crippen LogP contribution in [0.1, 0.15) is 11.1 Å². The summed E-state index contributed by atoms with van der Waals surface area (Å²) < 4.78 is 52.4. The molecule has 20 heavy (non-hydrogen) atoms. The first-order chi connectivity index (χ1) is 9.43. The fourth-order valence-electron chi connectivity index (χ4n) is 1.93. The van der Waals surface area contributed by atoms with Crippen molar-refractivity contribution < 1.29 is 17.6 Å². The Morgan fingerprint density at radius 1 is 1.05 bits per heavy atom. The molecule has 0 saturated heterocycles. The van der Waals surface area contributed by atoms with Crippen LogP contribution in [0.3, 0.4) is 0 Å². The monoisotopic (exact) mass is 279 g/mol. The van der Waals surface area contributed by atoms with E-state index in [0.717, 1.165) is 12.1 Å². The minimum Gasteiger partial charge on any atom is -0.207 e. The molecule has 102 valence electrons. The quantitative estimate of drug-likeness (QED) is 0.738. The Kier molecular flexibility index (Phi) is 3.75. The minimum absolute atomic E-state index is 0.0811. The summed E-state index contributed by atoms with van der Waals surface area (Å²) in [6, 6.07) is 10.5. The molecule has 0 aliphatic rings. The molecule has 0 radical (unpaired) electrons. The van der Waals surface area contributed by atoms with E-state index in [1.165, 1.54) is 30.3 Å². The molecule has 0 aromatic heterocycles. The van der Waals surface area contributed by atoms with Crippen LogP contribution in [0.15, 0.2) is 42.5 Å². The number of benzene rings is 2. The predicted molar refractivity (Wildman–Crippen MR) is 66.2 cm³/mol. The Balaban J connectivity index is 2.53. The summed E-state index contributed by atoms with van der Waals surface area (Å²) >= 11 is 0. The van der Waals surface area contributed by atoms with Gasteiger partial charge in [-0.2, -0.15) is 18.4 Å². The zero-order valence-electron chi connectivity index (χ0n) is 10.2. The van der Waals surface area contributed by atoms with Crippen molar-refractivity contribution in [2.24, 2.45) is 0 Å². The lowest BCUT2D eigenvalue weighted by Crippen LogP contribution is -2.07. The van der Waals surface area contributed by atoms with Crippen molar-refractivity contribution in [2.45, 2.75) is 12.6 Å². The lowest BCUT2D eigenvalue weighted by molar-refractivity contribution is -0.137. The molecule has 0 spiro atoms. The van der Waals surface area contributed by atoms with Gasteiger partial charge in [-0.25, -0.2) is 4.39 Å². The van der Waals surface area contributed by atoms with Crippen molar-refractivity contribution in [3.63, 3.8) is 0 Å². The van der Waals surface area contributed by atoms with Gasteiger partial charge in [0.2, 0.25) is 0 Å². The Labute approximate surface area is 113 Å². The number of hydrogen-bond acceptors (Lipinski definition) is 1. The highest BCUT2D eigenvalue weighted by atomic mass is 19.4. The lowest BCUT2D eigenvalue weighted by atomic mass is 9.97. The van der Waals surface area contributed by atoms with E-state index in [4.69, 9.17) is 5.26 Å². The standard InChI is InChI=1S/C15H9F4N/c16-14-9-11(6-5-10(14)7-8-20)12-3-1-2-4-13(12)15(17,18)19/h1-6,9H,7H2. The molecule has 0 saturated carbocycles. The maximum Gasteiger partial charge on any atom is 0.417 e. The van der Waals surface area contributed by atoms with Crippen LogP contribution in [0.25, 0.3) is 11.1 Å². The fraction of sp³-hybridized carbons (Fsp3) is 0.133. The molecule has 5 heteroatoms. The Hall–Kier alpha value is -2.35. The molecule has 2 aromatic carbocycles. The molecule has 0 bridgehead atoms. The first-order valence-corrected chi connectivity index (χ1v) is 5.75. The molecule has 0 aliphatic heterocycles. The zero-order chi connectivity index (χ0) is 14.8. The van der Waals surface area contributed by atoms with Gasteiger partial charge in [-0.3, -0.25) is 0 Å². The van der Waals surface area contributed by atoms with Crippen LogP contribution < -0.4 is 0 Å². The second-order valence-electron chi connectivity index (χ2n) is 4.18. The van der Waals surface area contributed by atoms with Crippen molar-refractivity contribution >= 4 is 0 Å². The number of halogens is 4. The summed E-state index contributed by atoms with van der Waals surface area (Å²) in [5.41, 5.74) is -0.590. The predicted octanol–water partition coefficient (Wildman–Crippen LogP) is 4.58. The third-order valence-electron chi connectivity index (χ3n) is 2.87. The van der Waals surface area contributed by atoms with Crippen molar-refractivity contribution in [1.29, 1.82) is 5.26 Å². The van der Waals surface area contributed by atoms with Gasteiger partial charge in [0.1, 0.15) is 5.82 Å². The molecule has 2 aromatic rings. The average Bonchev–Trinajstić information content (AvgIpc) is 2.40. The van der Waals surface area contributed by atoms with Gasteiger partial charge in [-0.15, -0.1) is 0 Å². The van der Waals surface area contributed by atoms with Crippen LogP contribution in [0.5, 0.6) is 0 Å². The second-order valence-corrected chi connectivity index (χ2v) is 4.18. The van der Waals surface area contributed by atoms with E-state index in [-0.39, 0.29) is 23.1 Å². The smallest absolute Gasteiger partial charge is 0.207 e. The maximum atomic E-state index is 13.7. The topological polar surface area (TPSA) is 23.8 Å². The highest BCUT2D eigenvalue weighted by molar-refractivity contribution is 5.68. The molecule has 0 amide bonds. The van der Waals surface area contributed by atoms with Crippen molar-refractivity contribution in [1.82, 2.24) is 0 Å². The van der Waals surface area contributed by atoms with E-state index in [1.807, 2.05) is 0 Å². The van der Waals surface area contributed by atoms with Crippen LogP contribution >= 0.6 is 0 Å². The highest BCUT2D eigenvalue weighted by Gasteiger charge is 2.33. The Morgan fingerprint density at radius 3 is 2.35 bits per heavy atom. The van der Waals surface area contributed by atoms with Crippen LogP contribution in [-0.2, 0) is 12.6 Å². The summed E-state index contributed by atoms with van der Waals surface area (Å²) in [5, 5.41) is 8.52. The summed E-state index contributed by atoms with van der Waals surface area (Å²) in [7, 11) is 0. The molecule has 0 fully saturated rings. The third kappa shape index (κ3) is 2.80. The first kappa shape index (κ1) is 14.1. The highest BCUT2D eigenvalue weighted by Crippen LogP contribution is 2.37. The van der Waals surface area contributed by atoms with E-state index in [0.29, 0.717) is 0 Å². The van der Waals surface area contributed by atoms with Crippen molar-refractivity contribution in [2.75, 3.05) is 0 Å². The lowest BCUT2D eigenvalue weighted by Gasteiger charge is -2.13. The van der Waals surface area contributed by atoms with Gasteiger partial charge < -0.3 is 0 Å². The van der Waals surface area contributed by atoms with Gasteiger partial charge in [-0.1, -0.05) is 30.3 Å². The molecule has 0 atom stereocenters. The largest absolute Gasteiger partial charge is 0.417 e. The molecule has 2 rings (SSSR count). The number of nitrogens with zero attached hydrogens (tertiary/aromatic N) is 1. The zero-order valence-corrected chi connectivity index (χ0v) is 10.2. The maximum absolute atomic E-state index is 13.7. The number of alkyl halides is 3. The first-order valence-electron chi connectivity index (χ1n) is 5.75. The van der Waals surface area contributed by atoms with Crippen molar-refractivity contribution in [3.05, 3.63) is 59.4 Å². The molecule has 0 aliphatic carbocycles. The van der Waals surface area contributed by atoms with E-state index in [9.17, 15) is 17.6 Å². The molecule has 1 nitrogen and oxygen atoms in total. The number of hydrogen-bond donors (Lipinski definition) is 0. The number of rotatable bonds is 2. The molecule has 0 N–H and O–H groups in total. The normalized spacial score (nSPS) is 11.2. The fourth-order valence-corrected chi connectivity index (χ4v) is 1.93. The van der Waals surface area contributed by atoms with Gasteiger partial charge in [0, 0.05) is 5.56 Å². The van der Waals surface area contributed by atoms with E-state index in [2.05, 4.69) is 0 Å². The molecule has 0 unspecified atom stereocenters. The molecular weight excluding hydrogens is 270 g/mol. The summed E-state index contributed by atoms with van der Waals surface area (Å²) in [6.07, 6.45) is -4.62. The third-order valence-corrected chi connectivity index (χ3v) is 2.87. The van der Waals surface area contributed by atoms with E-state index < -0.39 is 17.6 Å². The van der Waals surface area contributed by atoms with Gasteiger partial charge in [0.05, 0.1) is 18.1 Å². The molecule has 0 heterocycles. The van der Waals surface area contributed by atoms with Crippen LogP contribution in [0, 0.1) is 17.1 Å². The Morgan fingerprint density at radius 2 is 1.75 bits per heavy atom. The van der Waals surface area contributed by atoms with Gasteiger partial charge in [-0.05, 0) is 23.3 Å². The summed E-state index contributed by atoms with van der Waals surface area (Å²) in [6.45, 7) is 0. The Bertz CT molecular complexity index is 668. The number of nitriles is 1.